The molecule has 1 aromatic carbocycles. The van der Waals surface area contributed by atoms with Crippen LogP contribution in [0.25, 0.3) is 0 Å². The van der Waals surface area contributed by atoms with Crippen LogP contribution in [-0.4, -0.2) is 31.6 Å². The van der Waals surface area contributed by atoms with Crippen LogP contribution in [0.15, 0.2) is 24.3 Å². The van der Waals surface area contributed by atoms with E-state index in [1.54, 1.807) is 4.31 Å². The number of hydrogen-bond donors (Lipinski definition) is 0. The van der Waals surface area contributed by atoms with E-state index in [0.29, 0.717) is 18.8 Å². The van der Waals surface area contributed by atoms with Gasteiger partial charge in [0.25, 0.3) is 0 Å². The molecule has 0 spiro atoms. The summed E-state index contributed by atoms with van der Waals surface area (Å²) in [7, 11) is -2.97. The molecule has 0 radical (unpaired) electrons. The molecule has 1 fully saturated rings. The summed E-state index contributed by atoms with van der Waals surface area (Å²) in [5.41, 5.74) is 2.44. The Bertz CT molecular complexity index is 465. The van der Waals surface area contributed by atoms with E-state index < -0.39 is 10.0 Å². The highest BCUT2D eigenvalue weighted by Crippen LogP contribution is 2.14. The number of hydrogen-bond acceptors (Lipinski definition) is 2. The van der Waals surface area contributed by atoms with Gasteiger partial charge >= 0.3 is 0 Å². The first-order valence-electron chi connectivity index (χ1n) is 6.11. The van der Waals surface area contributed by atoms with Crippen molar-refractivity contribution in [2.45, 2.75) is 26.2 Å². The van der Waals surface area contributed by atoms with E-state index >= 15 is 0 Å². The van der Waals surface area contributed by atoms with Crippen LogP contribution in [0.4, 0.5) is 0 Å². The summed E-state index contributed by atoms with van der Waals surface area (Å²) in [6.07, 6.45) is 2.61. The van der Waals surface area contributed by atoms with Gasteiger partial charge in [0, 0.05) is 13.1 Å². The number of nitrogens with zero attached hydrogens (tertiary/aromatic N) is 1. The lowest BCUT2D eigenvalue weighted by Crippen LogP contribution is -2.39. The van der Waals surface area contributed by atoms with Crippen molar-refractivity contribution in [3.05, 3.63) is 35.4 Å². The van der Waals surface area contributed by atoms with E-state index in [1.165, 1.54) is 11.1 Å². The molecule has 1 aliphatic heterocycles. The maximum atomic E-state index is 11.8. The van der Waals surface area contributed by atoms with Crippen molar-refractivity contribution >= 4 is 10.0 Å². The molecule has 0 aliphatic carbocycles. The van der Waals surface area contributed by atoms with Gasteiger partial charge in [0.1, 0.15) is 0 Å². The molecule has 0 amide bonds. The average molecular weight is 253 g/mol. The summed E-state index contributed by atoms with van der Waals surface area (Å²) in [5.74, 6) is 0.320. The summed E-state index contributed by atoms with van der Waals surface area (Å²) in [6.45, 7) is 3.36. The van der Waals surface area contributed by atoms with Gasteiger partial charge < -0.3 is 0 Å². The highest BCUT2D eigenvalue weighted by Gasteiger charge is 2.24. The molecule has 0 unspecified atom stereocenters. The Balaban J connectivity index is 1.95. The Morgan fingerprint density at radius 1 is 1.18 bits per heavy atom. The fourth-order valence-corrected chi connectivity index (χ4v) is 3.70. The minimum Gasteiger partial charge on any atom is -0.212 e. The zero-order chi connectivity index (χ0) is 12.3. The molecule has 0 N–H and O–H groups in total. The average Bonchev–Trinajstić information content (AvgIpc) is 2.29. The fourth-order valence-electron chi connectivity index (χ4n) is 2.10. The highest BCUT2D eigenvalue weighted by atomic mass is 32.2. The minimum absolute atomic E-state index is 0.320. The van der Waals surface area contributed by atoms with Gasteiger partial charge in [0.2, 0.25) is 10.0 Å². The quantitative estimate of drug-likeness (QED) is 0.826. The number of aryl methyl sites for hydroxylation is 1. The molecule has 1 aliphatic rings. The van der Waals surface area contributed by atoms with Gasteiger partial charge in [0.05, 0.1) is 5.75 Å². The Kier molecular flexibility index (Phi) is 3.84. The monoisotopic (exact) mass is 253 g/mol. The van der Waals surface area contributed by atoms with Crippen LogP contribution in [0, 0.1) is 6.92 Å². The molecule has 4 heteroatoms. The van der Waals surface area contributed by atoms with Crippen molar-refractivity contribution in [2.75, 3.05) is 18.8 Å². The minimum atomic E-state index is -2.97. The summed E-state index contributed by atoms with van der Waals surface area (Å²) in [6, 6.07) is 8.29. The Hall–Kier alpha value is -0.870. The van der Waals surface area contributed by atoms with E-state index in [1.807, 2.05) is 0 Å². The number of rotatable bonds is 3. The largest absolute Gasteiger partial charge is 0.214 e. The number of benzene rings is 1. The lowest BCUT2D eigenvalue weighted by Gasteiger charge is -2.26. The van der Waals surface area contributed by atoms with Gasteiger partial charge in [-0.1, -0.05) is 29.8 Å². The van der Waals surface area contributed by atoms with Crippen molar-refractivity contribution in [3.63, 3.8) is 0 Å². The molecule has 1 heterocycles. The molecular weight excluding hydrogens is 234 g/mol. The Morgan fingerprint density at radius 3 is 2.53 bits per heavy atom. The van der Waals surface area contributed by atoms with E-state index in [0.717, 1.165) is 19.3 Å². The van der Waals surface area contributed by atoms with Crippen LogP contribution in [-0.2, 0) is 16.4 Å². The lowest BCUT2D eigenvalue weighted by atomic mass is 10.1. The van der Waals surface area contributed by atoms with E-state index in [2.05, 4.69) is 31.2 Å². The molecule has 0 bridgehead atoms. The van der Waals surface area contributed by atoms with Crippen molar-refractivity contribution in [2.24, 2.45) is 0 Å². The maximum Gasteiger partial charge on any atom is 0.214 e. The molecule has 0 atom stereocenters. The van der Waals surface area contributed by atoms with Gasteiger partial charge in [-0.2, -0.15) is 0 Å². The number of sulfonamides is 1. The zero-order valence-corrected chi connectivity index (χ0v) is 11.0. The third kappa shape index (κ3) is 3.30. The van der Waals surface area contributed by atoms with Gasteiger partial charge in [-0.15, -0.1) is 0 Å². The zero-order valence-electron chi connectivity index (χ0n) is 10.2. The van der Waals surface area contributed by atoms with Crippen molar-refractivity contribution in [1.82, 2.24) is 4.31 Å². The first kappa shape index (κ1) is 12.6. The van der Waals surface area contributed by atoms with Gasteiger partial charge in [0.15, 0.2) is 0 Å². The Morgan fingerprint density at radius 2 is 1.88 bits per heavy atom. The standard InChI is InChI=1S/C13H19NO2S/c1-12-4-6-13(7-5-12)8-10-14-9-2-3-11-17(14,15)16/h4-7H,2-3,8-11H2,1H3. The normalized spacial score (nSPS) is 20.3. The molecule has 1 aromatic rings. The highest BCUT2D eigenvalue weighted by molar-refractivity contribution is 7.89. The third-order valence-corrected chi connectivity index (χ3v) is 5.18. The molecule has 3 nitrogen and oxygen atoms in total. The first-order chi connectivity index (χ1) is 8.08. The van der Waals surface area contributed by atoms with Crippen LogP contribution < -0.4 is 0 Å². The van der Waals surface area contributed by atoms with E-state index in [9.17, 15) is 8.42 Å². The van der Waals surface area contributed by atoms with Crippen LogP contribution in [0.1, 0.15) is 24.0 Å². The first-order valence-corrected chi connectivity index (χ1v) is 7.72. The SMILES string of the molecule is Cc1ccc(CCN2CCCCS2(=O)=O)cc1. The molecule has 94 valence electrons. The van der Waals surface area contributed by atoms with Gasteiger partial charge in [-0.3, -0.25) is 0 Å². The molecule has 0 saturated carbocycles. The van der Waals surface area contributed by atoms with Crippen molar-refractivity contribution < 1.29 is 8.42 Å². The second-order valence-corrected chi connectivity index (χ2v) is 6.75. The summed E-state index contributed by atoms with van der Waals surface area (Å²) in [4.78, 5) is 0. The van der Waals surface area contributed by atoms with Crippen molar-refractivity contribution in [3.8, 4) is 0 Å². The molecular formula is C13H19NO2S. The predicted octanol–water partition coefficient (Wildman–Crippen LogP) is 1.96. The smallest absolute Gasteiger partial charge is 0.212 e. The topological polar surface area (TPSA) is 37.4 Å². The van der Waals surface area contributed by atoms with E-state index in [4.69, 9.17) is 0 Å². The van der Waals surface area contributed by atoms with Gasteiger partial charge in [-0.25, -0.2) is 12.7 Å². The van der Waals surface area contributed by atoms with Crippen molar-refractivity contribution in [1.29, 1.82) is 0 Å². The van der Waals surface area contributed by atoms with Crippen LogP contribution in [0.3, 0.4) is 0 Å². The molecule has 1 saturated heterocycles. The fraction of sp³-hybridized carbons (Fsp3) is 0.538. The summed E-state index contributed by atoms with van der Waals surface area (Å²) in [5, 5.41) is 0. The van der Waals surface area contributed by atoms with E-state index in [-0.39, 0.29) is 0 Å². The second kappa shape index (κ2) is 5.19. The third-order valence-electron chi connectivity index (χ3n) is 3.22. The molecule has 2 rings (SSSR count). The Labute approximate surface area is 104 Å². The summed E-state index contributed by atoms with van der Waals surface area (Å²) >= 11 is 0. The predicted molar refractivity (Wildman–Crippen MR) is 69.5 cm³/mol. The lowest BCUT2D eigenvalue weighted by molar-refractivity contribution is 0.386. The van der Waals surface area contributed by atoms with Crippen LogP contribution >= 0.6 is 0 Å². The summed E-state index contributed by atoms with van der Waals surface area (Å²) < 4.78 is 25.2. The molecule has 17 heavy (non-hydrogen) atoms. The van der Waals surface area contributed by atoms with Crippen LogP contribution in [0.5, 0.6) is 0 Å². The van der Waals surface area contributed by atoms with Gasteiger partial charge in [-0.05, 0) is 31.7 Å². The molecule has 0 aromatic heterocycles. The maximum absolute atomic E-state index is 11.8. The second-order valence-electron chi connectivity index (χ2n) is 4.66. The van der Waals surface area contributed by atoms with Crippen LogP contribution in [0.2, 0.25) is 0 Å².